The summed E-state index contributed by atoms with van der Waals surface area (Å²) in [4.78, 5) is 0. The monoisotopic (exact) mass is 220 g/mol. The number of benzene rings is 1. The molecule has 1 heterocycles. The van der Waals surface area contributed by atoms with Gasteiger partial charge in [0.25, 0.3) is 0 Å². The Hall–Kier alpha value is -1.35. The maximum absolute atomic E-state index is 13.8. The van der Waals surface area contributed by atoms with Gasteiger partial charge in [-0.05, 0) is 38.9 Å². The van der Waals surface area contributed by atoms with E-state index in [9.17, 15) is 4.39 Å². The van der Waals surface area contributed by atoms with Gasteiger partial charge >= 0.3 is 0 Å². The van der Waals surface area contributed by atoms with Crippen LogP contribution in [0.5, 0.6) is 0 Å². The molecule has 0 radical (unpaired) electrons. The average molecular weight is 220 g/mol. The van der Waals surface area contributed by atoms with Crippen molar-refractivity contribution in [2.45, 2.75) is 26.3 Å². The molecule has 0 bridgehead atoms. The maximum atomic E-state index is 13.8. The number of nitrogens with two attached hydrogens (primary N) is 1. The number of fused-ring (bicyclic) bond motifs is 1. The molecule has 2 rings (SSSR count). The van der Waals surface area contributed by atoms with Gasteiger partial charge in [-0.15, -0.1) is 0 Å². The minimum Gasteiger partial charge on any atom is -0.340 e. The van der Waals surface area contributed by atoms with Gasteiger partial charge in [0, 0.05) is 17.1 Å². The van der Waals surface area contributed by atoms with E-state index in [2.05, 4.69) is 13.8 Å². The zero-order chi connectivity index (χ0) is 11.7. The molecule has 3 heteroatoms. The fourth-order valence-corrected chi connectivity index (χ4v) is 2.23. The van der Waals surface area contributed by atoms with Gasteiger partial charge in [-0.1, -0.05) is 12.1 Å². The summed E-state index contributed by atoms with van der Waals surface area (Å²) < 4.78 is 15.8. The fraction of sp³-hybridized carbons (Fsp3) is 0.385. The van der Waals surface area contributed by atoms with Crippen LogP contribution in [-0.2, 0) is 6.42 Å². The van der Waals surface area contributed by atoms with E-state index >= 15 is 0 Å². The minimum atomic E-state index is -0.158. The Morgan fingerprint density at radius 1 is 1.38 bits per heavy atom. The lowest BCUT2D eigenvalue weighted by Gasteiger charge is -2.14. The Morgan fingerprint density at radius 3 is 2.75 bits per heavy atom. The van der Waals surface area contributed by atoms with Crippen molar-refractivity contribution in [3.63, 3.8) is 0 Å². The van der Waals surface area contributed by atoms with E-state index in [0.717, 1.165) is 17.5 Å². The molecule has 0 saturated heterocycles. The average Bonchev–Trinajstić information content (AvgIpc) is 2.58. The number of para-hydroxylation sites is 1. The molecular weight excluding hydrogens is 203 g/mol. The van der Waals surface area contributed by atoms with Crippen LogP contribution in [0.25, 0.3) is 10.9 Å². The highest BCUT2D eigenvalue weighted by Crippen LogP contribution is 2.26. The Kier molecular flexibility index (Phi) is 2.97. The van der Waals surface area contributed by atoms with Crippen molar-refractivity contribution in [2.24, 2.45) is 5.73 Å². The number of aromatic nitrogens is 1. The molecule has 0 aliphatic rings. The van der Waals surface area contributed by atoms with Gasteiger partial charge < -0.3 is 10.3 Å². The molecule has 0 amide bonds. The molecular formula is C13H17FN2. The molecule has 0 saturated carbocycles. The lowest BCUT2D eigenvalue weighted by atomic mass is 10.2. The van der Waals surface area contributed by atoms with E-state index in [4.69, 9.17) is 5.73 Å². The standard InChI is InChI=1S/C13H17FN2/c1-9(2)16-11(6-7-15)8-10-4-3-5-12(14)13(10)16/h3-5,8-9H,6-7,15H2,1-2H3. The highest BCUT2D eigenvalue weighted by molar-refractivity contribution is 5.82. The first-order valence-corrected chi connectivity index (χ1v) is 5.63. The minimum absolute atomic E-state index is 0.158. The molecule has 0 aliphatic heterocycles. The van der Waals surface area contributed by atoms with Crippen molar-refractivity contribution in [1.29, 1.82) is 0 Å². The Bertz CT molecular complexity index is 500. The number of hydrogen-bond acceptors (Lipinski definition) is 1. The smallest absolute Gasteiger partial charge is 0.147 e. The van der Waals surface area contributed by atoms with Gasteiger partial charge in [0.15, 0.2) is 0 Å². The van der Waals surface area contributed by atoms with Crippen molar-refractivity contribution < 1.29 is 4.39 Å². The zero-order valence-electron chi connectivity index (χ0n) is 9.70. The third kappa shape index (κ3) is 1.71. The van der Waals surface area contributed by atoms with Crippen LogP contribution in [-0.4, -0.2) is 11.1 Å². The van der Waals surface area contributed by atoms with Gasteiger partial charge in [0.05, 0.1) is 5.52 Å². The van der Waals surface area contributed by atoms with Crippen molar-refractivity contribution in [3.8, 4) is 0 Å². The van der Waals surface area contributed by atoms with Crippen LogP contribution < -0.4 is 5.73 Å². The molecule has 2 N–H and O–H groups in total. The van der Waals surface area contributed by atoms with Crippen LogP contribution >= 0.6 is 0 Å². The quantitative estimate of drug-likeness (QED) is 0.847. The second-order valence-electron chi connectivity index (χ2n) is 4.32. The lowest BCUT2D eigenvalue weighted by Crippen LogP contribution is -2.11. The van der Waals surface area contributed by atoms with E-state index < -0.39 is 0 Å². The Morgan fingerprint density at radius 2 is 2.12 bits per heavy atom. The van der Waals surface area contributed by atoms with Crippen LogP contribution in [0.3, 0.4) is 0 Å². The Balaban J connectivity index is 2.72. The summed E-state index contributed by atoms with van der Waals surface area (Å²) in [5, 5.41) is 0.956. The van der Waals surface area contributed by atoms with E-state index in [1.54, 1.807) is 6.07 Å². The van der Waals surface area contributed by atoms with Gasteiger partial charge in [0.2, 0.25) is 0 Å². The fourth-order valence-electron chi connectivity index (χ4n) is 2.23. The molecule has 1 aromatic heterocycles. The maximum Gasteiger partial charge on any atom is 0.147 e. The third-order valence-electron chi connectivity index (χ3n) is 2.81. The van der Waals surface area contributed by atoms with Crippen molar-refractivity contribution >= 4 is 10.9 Å². The van der Waals surface area contributed by atoms with Crippen LogP contribution in [0, 0.1) is 5.82 Å². The molecule has 0 spiro atoms. The predicted octanol–water partition coefficient (Wildman–Crippen LogP) is 2.86. The molecule has 2 aromatic rings. The summed E-state index contributed by atoms with van der Waals surface area (Å²) in [5.74, 6) is -0.158. The second kappa shape index (κ2) is 4.26. The molecule has 16 heavy (non-hydrogen) atoms. The molecule has 2 nitrogen and oxygen atoms in total. The largest absolute Gasteiger partial charge is 0.340 e. The van der Waals surface area contributed by atoms with E-state index in [-0.39, 0.29) is 11.9 Å². The molecule has 86 valence electrons. The topological polar surface area (TPSA) is 30.9 Å². The summed E-state index contributed by atoms with van der Waals surface area (Å²) in [5.41, 5.74) is 7.39. The second-order valence-corrected chi connectivity index (χ2v) is 4.32. The zero-order valence-corrected chi connectivity index (χ0v) is 9.70. The molecule has 0 aliphatic carbocycles. The number of rotatable bonds is 3. The molecule has 0 unspecified atom stereocenters. The third-order valence-corrected chi connectivity index (χ3v) is 2.81. The highest BCUT2D eigenvalue weighted by Gasteiger charge is 2.13. The van der Waals surface area contributed by atoms with E-state index in [1.807, 2.05) is 16.7 Å². The summed E-state index contributed by atoms with van der Waals surface area (Å²) in [6.45, 7) is 4.71. The van der Waals surface area contributed by atoms with Crippen molar-refractivity contribution in [2.75, 3.05) is 6.54 Å². The van der Waals surface area contributed by atoms with Crippen LogP contribution in [0.4, 0.5) is 4.39 Å². The molecule has 1 aromatic carbocycles. The highest BCUT2D eigenvalue weighted by atomic mass is 19.1. The first-order valence-electron chi connectivity index (χ1n) is 5.63. The molecule has 0 atom stereocenters. The number of hydrogen-bond donors (Lipinski definition) is 1. The first kappa shape index (κ1) is 11.1. The van der Waals surface area contributed by atoms with E-state index in [0.29, 0.717) is 12.1 Å². The lowest BCUT2D eigenvalue weighted by molar-refractivity contribution is 0.570. The van der Waals surface area contributed by atoms with Crippen LogP contribution in [0.15, 0.2) is 24.3 Å². The van der Waals surface area contributed by atoms with E-state index in [1.165, 1.54) is 6.07 Å². The number of halogens is 1. The predicted molar refractivity (Wildman–Crippen MR) is 65.0 cm³/mol. The van der Waals surface area contributed by atoms with Gasteiger partial charge in [-0.3, -0.25) is 0 Å². The number of nitrogens with zero attached hydrogens (tertiary/aromatic N) is 1. The first-order chi connectivity index (χ1) is 7.65. The molecule has 0 fully saturated rings. The van der Waals surface area contributed by atoms with Crippen molar-refractivity contribution in [3.05, 3.63) is 35.8 Å². The summed E-state index contributed by atoms with van der Waals surface area (Å²) >= 11 is 0. The van der Waals surface area contributed by atoms with Crippen LogP contribution in [0.1, 0.15) is 25.6 Å². The Labute approximate surface area is 94.9 Å². The van der Waals surface area contributed by atoms with Gasteiger partial charge in [0.1, 0.15) is 5.82 Å². The summed E-state index contributed by atoms with van der Waals surface area (Å²) in [6.07, 6.45) is 0.784. The van der Waals surface area contributed by atoms with Crippen molar-refractivity contribution in [1.82, 2.24) is 4.57 Å². The summed E-state index contributed by atoms with van der Waals surface area (Å²) in [7, 11) is 0. The van der Waals surface area contributed by atoms with Gasteiger partial charge in [-0.2, -0.15) is 0 Å². The normalized spacial score (nSPS) is 11.6. The summed E-state index contributed by atoms with van der Waals surface area (Å²) in [6, 6.07) is 7.47. The van der Waals surface area contributed by atoms with Gasteiger partial charge in [-0.25, -0.2) is 4.39 Å². The SMILES string of the molecule is CC(C)n1c(CCN)cc2cccc(F)c21. The van der Waals surface area contributed by atoms with Crippen LogP contribution in [0.2, 0.25) is 0 Å².